The molecule has 2 spiro atoms. The largest absolute Gasteiger partial charge is 0.493 e. The van der Waals surface area contributed by atoms with Crippen molar-refractivity contribution in [1.29, 1.82) is 0 Å². The Hall–Kier alpha value is -2.58. The summed E-state index contributed by atoms with van der Waals surface area (Å²) in [6.45, 7) is 2.71. The molecular weight excluding hydrogens is 422 g/mol. The summed E-state index contributed by atoms with van der Waals surface area (Å²) in [5.74, 6) is 0.563. The number of rotatable bonds is 4. The van der Waals surface area contributed by atoms with E-state index >= 15 is 0 Å². The van der Waals surface area contributed by atoms with E-state index in [1.807, 2.05) is 6.07 Å². The van der Waals surface area contributed by atoms with Crippen LogP contribution in [0.1, 0.15) is 37.3 Å². The molecule has 2 N–H and O–H groups in total. The van der Waals surface area contributed by atoms with E-state index in [-0.39, 0.29) is 34.8 Å². The lowest BCUT2D eigenvalue weighted by atomic mass is 9.37. The molecule has 2 fully saturated rings. The molecular formula is C25H31N3O5. The second kappa shape index (κ2) is 6.73. The normalized spacial score (nSPS) is 39.0. The monoisotopic (exact) mass is 453 g/mol. The highest BCUT2D eigenvalue weighted by atomic mass is 16.6. The van der Waals surface area contributed by atoms with Crippen molar-refractivity contribution in [2.75, 3.05) is 27.8 Å². The van der Waals surface area contributed by atoms with Gasteiger partial charge in [-0.15, -0.1) is 0 Å². The van der Waals surface area contributed by atoms with Crippen LogP contribution >= 0.6 is 0 Å². The summed E-state index contributed by atoms with van der Waals surface area (Å²) in [5.41, 5.74) is 6.25. The maximum absolute atomic E-state index is 13.5. The van der Waals surface area contributed by atoms with Crippen LogP contribution in [0, 0.1) is 11.3 Å². The number of amides is 2. The fraction of sp³-hybridized carbons (Fsp3) is 0.600. The molecule has 4 aliphatic carbocycles. The van der Waals surface area contributed by atoms with Crippen LogP contribution < -0.4 is 20.3 Å². The lowest BCUT2D eigenvalue weighted by Crippen LogP contribution is -2.80. The third kappa shape index (κ3) is 2.24. The van der Waals surface area contributed by atoms with Gasteiger partial charge in [-0.25, -0.2) is 0 Å². The van der Waals surface area contributed by atoms with Crippen molar-refractivity contribution in [3.05, 3.63) is 35.4 Å². The van der Waals surface area contributed by atoms with Gasteiger partial charge in [0.15, 0.2) is 11.5 Å². The quantitative estimate of drug-likeness (QED) is 0.530. The topological polar surface area (TPSA) is 89.1 Å². The fourth-order valence-electron chi connectivity index (χ4n) is 7.81. The van der Waals surface area contributed by atoms with Crippen LogP contribution in [0.15, 0.2) is 24.3 Å². The number of carbonyl (C=O) groups is 2. The number of benzene rings is 1. The molecule has 1 saturated carbocycles. The van der Waals surface area contributed by atoms with Gasteiger partial charge in [0.25, 0.3) is 0 Å². The summed E-state index contributed by atoms with van der Waals surface area (Å²) in [6.07, 6.45) is 6.79. The SMILES string of the molecule is CCC(=O)NNC(=O)[C@H]1C[C@@]23C=C[C@]1(OC)[C@@H]1Oc4c(OC)ccc5c4[C@@]12CCN(C)[C@@H]3C5. The highest BCUT2D eigenvalue weighted by Crippen LogP contribution is 2.74. The summed E-state index contributed by atoms with van der Waals surface area (Å²) >= 11 is 0. The lowest BCUT2D eigenvalue weighted by molar-refractivity contribution is -0.214. The Kier molecular flexibility index (Phi) is 4.28. The van der Waals surface area contributed by atoms with E-state index in [2.05, 4.69) is 41.0 Å². The first-order valence-corrected chi connectivity index (χ1v) is 11.8. The van der Waals surface area contributed by atoms with Gasteiger partial charge in [-0.1, -0.05) is 25.1 Å². The highest BCUT2D eigenvalue weighted by molar-refractivity contribution is 5.85. The Bertz CT molecular complexity index is 1090. The van der Waals surface area contributed by atoms with E-state index in [1.54, 1.807) is 21.1 Å². The number of methoxy groups -OCH3 is 2. The standard InChI is InChI=1S/C25H31N3O5/c1-5-18(29)26-27-21(30)15-13-23-8-9-25(15,32-4)22-24(23)10-11-28(2)17(23)12-14-6-7-16(31-3)20(33-22)19(14)24/h6-9,15,17,22H,5,10-13H2,1-4H3,(H,26,29)(H,27,30)/t15-,17-,22-,23-,24+,25-/m1/s1. The minimum absolute atomic E-state index is 0.228. The van der Waals surface area contributed by atoms with Gasteiger partial charge in [-0.05, 0) is 44.5 Å². The minimum Gasteiger partial charge on any atom is -0.493 e. The molecule has 2 heterocycles. The fourth-order valence-corrected chi connectivity index (χ4v) is 7.81. The van der Waals surface area contributed by atoms with E-state index in [4.69, 9.17) is 14.2 Å². The second-order valence-electron chi connectivity index (χ2n) is 10.1. The van der Waals surface area contributed by atoms with E-state index in [1.165, 1.54) is 11.1 Å². The highest BCUT2D eigenvalue weighted by Gasteiger charge is 2.79. The van der Waals surface area contributed by atoms with E-state index < -0.39 is 11.5 Å². The molecule has 6 atom stereocenters. The summed E-state index contributed by atoms with van der Waals surface area (Å²) in [4.78, 5) is 27.8. The van der Waals surface area contributed by atoms with Crippen LogP contribution in [0.25, 0.3) is 0 Å². The molecule has 2 amide bonds. The van der Waals surface area contributed by atoms with Crippen molar-refractivity contribution in [2.45, 2.75) is 55.8 Å². The van der Waals surface area contributed by atoms with Gasteiger partial charge in [0.1, 0.15) is 11.7 Å². The number of hydrogen-bond donors (Lipinski definition) is 2. The van der Waals surface area contributed by atoms with Crippen molar-refractivity contribution in [1.82, 2.24) is 15.8 Å². The zero-order chi connectivity index (χ0) is 23.2. The number of nitrogens with zero attached hydrogens (tertiary/aromatic N) is 1. The van der Waals surface area contributed by atoms with Gasteiger partial charge in [0.05, 0.1) is 18.4 Å². The maximum Gasteiger partial charge on any atom is 0.244 e. The first-order chi connectivity index (χ1) is 15.9. The number of likely N-dealkylation sites (tertiary alicyclic amines) is 1. The third-order valence-electron chi connectivity index (χ3n) is 9.24. The molecule has 176 valence electrons. The number of hydrazine groups is 1. The Morgan fingerprint density at radius 3 is 2.79 bits per heavy atom. The molecule has 1 saturated heterocycles. The lowest BCUT2D eigenvalue weighted by Gasteiger charge is -2.70. The number of ether oxygens (including phenoxy) is 3. The molecule has 0 aromatic heterocycles. The zero-order valence-corrected chi connectivity index (χ0v) is 19.6. The maximum atomic E-state index is 13.5. The van der Waals surface area contributed by atoms with Crippen molar-refractivity contribution in [3.63, 3.8) is 0 Å². The van der Waals surface area contributed by atoms with E-state index in [9.17, 15) is 9.59 Å². The van der Waals surface area contributed by atoms with Crippen LogP contribution in [-0.4, -0.2) is 62.3 Å². The Labute approximate surface area is 193 Å². The van der Waals surface area contributed by atoms with Crippen LogP contribution in [0.2, 0.25) is 0 Å². The first-order valence-electron chi connectivity index (χ1n) is 11.8. The Balaban J connectivity index is 1.54. The predicted molar refractivity (Wildman–Crippen MR) is 120 cm³/mol. The average Bonchev–Trinajstić information content (AvgIpc) is 3.21. The second-order valence-corrected chi connectivity index (χ2v) is 10.1. The summed E-state index contributed by atoms with van der Waals surface area (Å²) in [5, 5.41) is 0. The first kappa shape index (κ1) is 21.0. The van der Waals surface area contributed by atoms with E-state index in [0.29, 0.717) is 12.8 Å². The van der Waals surface area contributed by atoms with Crippen LogP contribution in [-0.2, 0) is 26.2 Å². The molecule has 1 aromatic rings. The molecule has 0 unspecified atom stereocenters. The third-order valence-corrected chi connectivity index (χ3v) is 9.24. The zero-order valence-electron chi connectivity index (χ0n) is 19.6. The van der Waals surface area contributed by atoms with Crippen LogP contribution in [0.5, 0.6) is 11.5 Å². The molecule has 7 rings (SSSR count). The van der Waals surface area contributed by atoms with Crippen LogP contribution in [0.3, 0.4) is 0 Å². The number of fused-ring (bicyclic) bond motifs is 1. The van der Waals surface area contributed by atoms with Gasteiger partial charge < -0.3 is 19.1 Å². The van der Waals surface area contributed by atoms with Crippen molar-refractivity contribution in [2.24, 2.45) is 11.3 Å². The molecule has 4 bridgehead atoms. The molecule has 8 nitrogen and oxygen atoms in total. The summed E-state index contributed by atoms with van der Waals surface area (Å²) < 4.78 is 18.7. The predicted octanol–water partition coefficient (Wildman–Crippen LogP) is 1.47. The van der Waals surface area contributed by atoms with Gasteiger partial charge in [0, 0.05) is 30.6 Å². The number of hydrogen-bond acceptors (Lipinski definition) is 6. The molecule has 6 aliphatic rings. The van der Waals surface area contributed by atoms with Gasteiger partial charge in [0.2, 0.25) is 11.8 Å². The molecule has 8 heteroatoms. The molecule has 0 radical (unpaired) electrons. The molecule has 2 aliphatic heterocycles. The molecule has 1 aromatic carbocycles. The number of carbonyl (C=O) groups excluding carboxylic acids is 2. The van der Waals surface area contributed by atoms with Gasteiger partial charge >= 0.3 is 0 Å². The van der Waals surface area contributed by atoms with Crippen molar-refractivity contribution < 1.29 is 23.8 Å². The van der Waals surface area contributed by atoms with Gasteiger partial charge in [-0.2, -0.15) is 0 Å². The van der Waals surface area contributed by atoms with Crippen LogP contribution in [0.4, 0.5) is 0 Å². The smallest absolute Gasteiger partial charge is 0.244 e. The van der Waals surface area contributed by atoms with Crippen molar-refractivity contribution in [3.8, 4) is 11.5 Å². The Morgan fingerprint density at radius 1 is 1.24 bits per heavy atom. The summed E-state index contributed by atoms with van der Waals surface area (Å²) in [6, 6.07) is 4.42. The van der Waals surface area contributed by atoms with Crippen molar-refractivity contribution >= 4 is 11.8 Å². The number of likely N-dealkylation sites (N-methyl/N-ethyl adjacent to an activating group) is 1. The van der Waals surface area contributed by atoms with Gasteiger partial charge in [-0.3, -0.25) is 20.4 Å². The minimum atomic E-state index is -0.943. The number of piperidine rings is 1. The Morgan fingerprint density at radius 2 is 2.06 bits per heavy atom. The summed E-state index contributed by atoms with van der Waals surface area (Å²) in [7, 11) is 5.51. The average molecular weight is 454 g/mol. The number of nitrogens with one attached hydrogen (secondary N) is 2. The van der Waals surface area contributed by atoms with E-state index in [0.717, 1.165) is 30.9 Å². The molecule has 33 heavy (non-hydrogen) atoms.